The van der Waals surface area contributed by atoms with Crippen molar-refractivity contribution < 1.29 is 4.74 Å². The van der Waals surface area contributed by atoms with E-state index in [0.29, 0.717) is 13.2 Å². The molecule has 0 fully saturated rings. The second-order valence-electron chi connectivity index (χ2n) is 8.47. The van der Waals surface area contributed by atoms with E-state index in [-0.39, 0.29) is 10.8 Å². The van der Waals surface area contributed by atoms with E-state index >= 15 is 0 Å². The largest absolute Gasteiger partial charge is 0.489 e. The Morgan fingerprint density at radius 1 is 0.833 bits per heavy atom. The zero-order valence-corrected chi connectivity index (χ0v) is 15.9. The molecule has 0 aliphatic carbocycles. The van der Waals surface area contributed by atoms with Crippen LogP contribution in [-0.4, -0.2) is 0 Å². The van der Waals surface area contributed by atoms with E-state index in [1.165, 1.54) is 11.1 Å². The summed E-state index contributed by atoms with van der Waals surface area (Å²) < 4.78 is 6.20. The Hall–Kier alpha value is -1.80. The normalized spacial score (nSPS) is 12.3. The van der Waals surface area contributed by atoms with Crippen molar-refractivity contribution in [1.82, 2.24) is 0 Å². The lowest BCUT2D eigenvalue weighted by Crippen LogP contribution is -2.17. The minimum atomic E-state index is 0.0317. The summed E-state index contributed by atoms with van der Waals surface area (Å²) in [5.41, 5.74) is 10.9. The number of ether oxygens (including phenoxy) is 1. The predicted molar refractivity (Wildman–Crippen MR) is 103 cm³/mol. The topological polar surface area (TPSA) is 35.2 Å². The lowest BCUT2D eigenvalue weighted by molar-refractivity contribution is 0.296. The third-order valence-corrected chi connectivity index (χ3v) is 4.38. The molecule has 0 atom stereocenters. The zero-order valence-electron chi connectivity index (χ0n) is 15.9. The number of rotatable bonds is 4. The van der Waals surface area contributed by atoms with Gasteiger partial charge in [0.2, 0.25) is 0 Å². The maximum absolute atomic E-state index is 6.20. The lowest BCUT2D eigenvalue weighted by Gasteiger charge is -2.27. The summed E-state index contributed by atoms with van der Waals surface area (Å²) in [4.78, 5) is 0. The van der Waals surface area contributed by atoms with Crippen molar-refractivity contribution >= 4 is 0 Å². The molecule has 130 valence electrons. The molecule has 0 spiro atoms. The van der Waals surface area contributed by atoms with Gasteiger partial charge in [-0.1, -0.05) is 77.9 Å². The molecule has 2 N–H and O–H groups in total. The van der Waals surface area contributed by atoms with Gasteiger partial charge in [-0.2, -0.15) is 0 Å². The van der Waals surface area contributed by atoms with Crippen LogP contribution >= 0.6 is 0 Å². The van der Waals surface area contributed by atoms with Crippen LogP contribution in [0.15, 0.2) is 42.5 Å². The number of hydrogen-bond donors (Lipinski definition) is 1. The highest BCUT2D eigenvalue weighted by atomic mass is 16.5. The van der Waals surface area contributed by atoms with Gasteiger partial charge >= 0.3 is 0 Å². The molecule has 2 aromatic rings. The molecule has 2 nitrogen and oxygen atoms in total. The average Bonchev–Trinajstić information content (AvgIpc) is 2.51. The first kappa shape index (κ1) is 18.5. The fourth-order valence-electron chi connectivity index (χ4n) is 2.76. The van der Waals surface area contributed by atoms with Crippen molar-refractivity contribution in [3.8, 4) is 5.75 Å². The first-order valence-electron chi connectivity index (χ1n) is 8.67. The molecule has 2 rings (SSSR count). The molecular weight excluding hydrogens is 294 g/mol. The molecule has 0 amide bonds. The van der Waals surface area contributed by atoms with Crippen molar-refractivity contribution in [2.45, 2.75) is 65.5 Å². The highest BCUT2D eigenvalue weighted by Crippen LogP contribution is 2.35. The molecule has 2 heteroatoms. The fraction of sp³-hybridized carbons (Fsp3) is 0.455. The Bertz CT molecular complexity index is 690. The summed E-state index contributed by atoms with van der Waals surface area (Å²) in [6.45, 7) is 14.5. The van der Waals surface area contributed by atoms with E-state index in [4.69, 9.17) is 10.5 Å². The number of nitrogens with two attached hydrogens (primary N) is 1. The van der Waals surface area contributed by atoms with Crippen LogP contribution in [-0.2, 0) is 24.0 Å². The summed E-state index contributed by atoms with van der Waals surface area (Å²) in [7, 11) is 0. The van der Waals surface area contributed by atoms with E-state index in [0.717, 1.165) is 16.9 Å². The summed E-state index contributed by atoms with van der Waals surface area (Å²) >= 11 is 0. The van der Waals surface area contributed by atoms with Crippen molar-refractivity contribution in [1.29, 1.82) is 0 Å². The van der Waals surface area contributed by atoms with Crippen LogP contribution in [0.3, 0.4) is 0 Å². The first-order valence-corrected chi connectivity index (χ1v) is 8.67. The molecule has 2 aromatic carbocycles. The minimum absolute atomic E-state index is 0.0317. The third kappa shape index (κ3) is 4.39. The summed E-state index contributed by atoms with van der Waals surface area (Å²) in [5.74, 6) is 0.960. The second-order valence-corrected chi connectivity index (χ2v) is 8.47. The molecule has 0 saturated heterocycles. The zero-order chi connectivity index (χ0) is 18.0. The van der Waals surface area contributed by atoms with Crippen LogP contribution in [0.2, 0.25) is 0 Å². The van der Waals surface area contributed by atoms with Crippen LogP contribution in [0, 0.1) is 0 Å². The number of hydrogen-bond acceptors (Lipinski definition) is 2. The Morgan fingerprint density at radius 3 is 2.00 bits per heavy atom. The van der Waals surface area contributed by atoms with Gasteiger partial charge in [0.15, 0.2) is 0 Å². The van der Waals surface area contributed by atoms with Gasteiger partial charge in [0, 0.05) is 6.54 Å². The van der Waals surface area contributed by atoms with Crippen LogP contribution in [0.1, 0.15) is 63.8 Å². The second kappa shape index (κ2) is 6.98. The van der Waals surface area contributed by atoms with Crippen molar-refractivity contribution in [2.24, 2.45) is 5.73 Å². The van der Waals surface area contributed by atoms with Gasteiger partial charge in [-0.3, -0.25) is 0 Å². The van der Waals surface area contributed by atoms with E-state index in [1.54, 1.807) is 0 Å². The molecule has 0 aliphatic rings. The molecule has 0 heterocycles. The van der Waals surface area contributed by atoms with E-state index in [9.17, 15) is 0 Å². The highest BCUT2D eigenvalue weighted by molar-refractivity contribution is 5.43. The SMILES string of the molecule is CC(C)(C)c1ccc(OCc2ccccc2CN)c(C(C)(C)C)c1. The van der Waals surface area contributed by atoms with Crippen molar-refractivity contribution in [3.05, 3.63) is 64.7 Å². The molecule has 0 saturated carbocycles. The minimum Gasteiger partial charge on any atom is -0.489 e. The van der Waals surface area contributed by atoms with Crippen LogP contribution in [0.5, 0.6) is 5.75 Å². The van der Waals surface area contributed by atoms with Gasteiger partial charge in [0.25, 0.3) is 0 Å². The Kier molecular flexibility index (Phi) is 5.39. The van der Waals surface area contributed by atoms with Gasteiger partial charge in [-0.25, -0.2) is 0 Å². The third-order valence-electron chi connectivity index (χ3n) is 4.38. The molecular formula is C22H31NO. The number of benzene rings is 2. The van der Waals surface area contributed by atoms with Gasteiger partial charge in [-0.15, -0.1) is 0 Å². The fourth-order valence-corrected chi connectivity index (χ4v) is 2.76. The molecule has 0 unspecified atom stereocenters. The van der Waals surface area contributed by atoms with Crippen LogP contribution in [0.25, 0.3) is 0 Å². The average molecular weight is 325 g/mol. The van der Waals surface area contributed by atoms with Crippen LogP contribution in [0.4, 0.5) is 0 Å². The first-order chi connectivity index (χ1) is 11.1. The molecule has 24 heavy (non-hydrogen) atoms. The van der Waals surface area contributed by atoms with Gasteiger partial charge in [-0.05, 0) is 39.2 Å². The van der Waals surface area contributed by atoms with Gasteiger partial charge < -0.3 is 10.5 Å². The van der Waals surface area contributed by atoms with Crippen LogP contribution < -0.4 is 10.5 Å². The van der Waals surface area contributed by atoms with Crippen molar-refractivity contribution in [2.75, 3.05) is 0 Å². The van der Waals surface area contributed by atoms with E-state index in [2.05, 4.69) is 71.9 Å². The predicted octanol–water partition coefficient (Wildman–Crippen LogP) is 5.32. The standard InChI is InChI=1S/C22H31NO/c1-21(2,3)18-11-12-20(19(13-18)22(4,5)6)24-15-17-10-8-7-9-16(17)14-23/h7-13H,14-15,23H2,1-6H3. The molecule has 0 aliphatic heterocycles. The Morgan fingerprint density at radius 2 is 1.46 bits per heavy atom. The quantitative estimate of drug-likeness (QED) is 0.825. The molecule has 0 aromatic heterocycles. The highest BCUT2D eigenvalue weighted by Gasteiger charge is 2.23. The lowest BCUT2D eigenvalue weighted by atomic mass is 9.80. The molecule has 0 bridgehead atoms. The van der Waals surface area contributed by atoms with Crippen molar-refractivity contribution in [3.63, 3.8) is 0 Å². The summed E-state index contributed by atoms with van der Waals surface area (Å²) in [6.07, 6.45) is 0. The monoisotopic (exact) mass is 325 g/mol. The molecule has 0 radical (unpaired) electrons. The maximum atomic E-state index is 6.20. The van der Waals surface area contributed by atoms with E-state index in [1.807, 2.05) is 12.1 Å². The summed E-state index contributed by atoms with van der Waals surface area (Å²) in [6, 6.07) is 14.8. The smallest absolute Gasteiger partial charge is 0.123 e. The maximum Gasteiger partial charge on any atom is 0.123 e. The Balaban J connectivity index is 2.33. The summed E-state index contributed by atoms with van der Waals surface area (Å²) in [5, 5.41) is 0. The Labute approximate surface area is 147 Å². The van der Waals surface area contributed by atoms with Gasteiger partial charge in [0.1, 0.15) is 12.4 Å². The van der Waals surface area contributed by atoms with Gasteiger partial charge in [0.05, 0.1) is 0 Å². The van der Waals surface area contributed by atoms with E-state index < -0.39 is 0 Å².